The summed E-state index contributed by atoms with van der Waals surface area (Å²) in [7, 11) is -3.88. The van der Waals surface area contributed by atoms with Crippen LogP contribution in [0.25, 0.3) is 10.8 Å². The highest BCUT2D eigenvalue weighted by molar-refractivity contribution is 7.89. The summed E-state index contributed by atoms with van der Waals surface area (Å²) in [6.07, 6.45) is -4.85. The predicted octanol–water partition coefficient (Wildman–Crippen LogP) is 2.57. The number of hydrogen-bond donors (Lipinski definition) is 0. The fourth-order valence-electron chi connectivity index (χ4n) is 3.76. The number of hydrogen-bond acceptors (Lipinski definition) is 6. The molecule has 8 nitrogen and oxygen atoms in total. The first kappa shape index (κ1) is 23.2. The Bertz CT molecular complexity index is 1320. The molecule has 0 N–H and O–H groups in total. The molecule has 0 spiro atoms. The van der Waals surface area contributed by atoms with Crippen LogP contribution in [0.2, 0.25) is 0 Å². The van der Waals surface area contributed by atoms with E-state index in [4.69, 9.17) is 0 Å². The van der Waals surface area contributed by atoms with E-state index in [9.17, 15) is 26.4 Å². The molecule has 4 rings (SSSR count). The van der Waals surface area contributed by atoms with Gasteiger partial charge in [-0.25, -0.2) is 13.1 Å². The Hall–Kier alpha value is -2.96. The molecule has 3 aromatic rings. The highest BCUT2D eigenvalue weighted by Crippen LogP contribution is 2.25. The second-order valence-electron chi connectivity index (χ2n) is 7.62. The number of piperazine rings is 1. The van der Waals surface area contributed by atoms with Gasteiger partial charge in [-0.2, -0.15) is 9.40 Å². The van der Waals surface area contributed by atoms with Gasteiger partial charge in [0.1, 0.15) is 5.75 Å². The zero-order chi connectivity index (χ0) is 23.8. The minimum Gasteiger partial charge on any atom is -0.406 e. The van der Waals surface area contributed by atoms with Crippen molar-refractivity contribution < 1.29 is 26.3 Å². The van der Waals surface area contributed by atoms with Crippen LogP contribution < -0.4 is 10.3 Å². The van der Waals surface area contributed by atoms with Gasteiger partial charge in [0.15, 0.2) is 0 Å². The maximum atomic E-state index is 12.9. The minimum absolute atomic E-state index is 0.117. The van der Waals surface area contributed by atoms with Gasteiger partial charge >= 0.3 is 6.36 Å². The van der Waals surface area contributed by atoms with E-state index >= 15 is 0 Å². The Kier molecular flexibility index (Phi) is 6.16. The summed E-state index contributed by atoms with van der Waals surface area (Å²) in [5, 5.41) is 5.75. The lowest BCUT2D eigenvalue weighted by atomic mass is 10.1. The van der Waals surface area contributed by atoms with Crippen LogP contribution in [0.1, 0.15) is 5.69 Å². The number of nitrogens with zero attached hydrogens (tertiary/aromatic N) is 4. The van der Waals surface area contributed by atoms with Crippen molar-refractivity contribution in [2.45, 2.75) is 24.9 Å². The molecule has 0 radical (unpaired) electrons. The van der Waals surface area contributed by atoms with E-state index in [1.807, 2.05) is 24.0 Å². The second-order valence-corrected chi connectivity index (χ2v) is 9.56. The van der Waals surface area contributed by atoms with Crippen molar-refractivity contribution in [1.29, 1.82) is 0 Å². The van der Waals surface area contributed by atoms with Gasteiger partial charge < -0.3 is 4.74 Å². The van der Waals surface area contributed by atoms with Crippen molar-refractivity contribution in [1.82, 2.24) is 19.0 Å². The summed E-state index contributed by atoms with van der Waals surface area (Å²) >= 11 is 0. The van der Waals surface area contributed by atoms with Gasteiger partial charge in [0.25, 0.3) is 5.56 Å². The molecule has 0 aliphatic carbocycles. The minimum atomic E-state index is -4.85. The molecule has 0 atom stereocenters. The van der Waals surface area contributed by atoms with Crippen LogP contribution in [0.4, 0.5) is 13.2 Å². The van der Waals surface area contributed by atoms with Gasteiger partial charge in [-0.3, -0.25) is 9.69 Å². The summed E-state index contributed by atoms with van der Waals surface area (Å²) in [4.78, 5) is 14.6. The summed E-state index contributed by atoms with van der Waals surface area (Å²) in [6.45, 7) is 3.13. The first-order chi connectivity index (χ1) is 15.5. The normalized spacial score (nSPS) is 16.2. The predicted molar refractivity (Wildman–Crippen MR) is 114 cm³/mol. The monoisotopic (exact) mass is 482 g/mol. The molecule has 0 saturated carbocycles. The lowest BCUT2D eigenvalue weighted by molar-refractivity contribution is -0.274. The van der Waals surface area contributed by atoms with Gasteiger partial charge in [-0.1, -0.05) is 18.2 Å². The molecule has 1 aliphatic heterocycles. The molecule has 2 heterocycles. The fourth-order valence-corrected chi connectivity index (χ4v) is 5.19. The molecule has 1 aliphatic rings. The third-order valence-electron chi connectivity index (χ3n) is 5.41. The number of rotatable bonds is 5. The maximum absolute atomic E-state index is 12.9. The highest BCUT2D eigenvalue weighted by Gasteiger charge is 2.32. The Balaban J connectivity index is 1.43. The topological polar surface area (TPSA) is 84.7 Å². The van der Waals surface area contributed by atoms with Crippen molar-refractivity contribution in [2.75, 3.05) is 26.2 Å². The summed E-state index contributed by atoms with van der Waals surface area (Å²) in [5.74, 6) is -0.491. The molecule has 1 aromatic heterocycles. The molecule has 1 fully saturated rings. The van der Waals surface area contributed by atoms with E-state index in [0.717, 1.165) is 35.3 Å². The Morgan fingerprint density at radius 1 is 0.970 bits per heavy atom. The summed E-state index contributed by atoms with van der Waals surface area (Å²) in [5.41, 5.74) is 0.511. The van der Waals surface area contributed by atoms with E-state index in [1.54, 1.807) is 12.1 Å². The number of alkyl halides is 3. The molecule has 2 aromatic carbocycles. The van der Waals surface area contributed by atoms with Crippen LogP contribution in [0, 0.1) is 6.92 Å². The van der Waals surface area contributed by atoms with E-state index in [-0.39, 0.29) is 30.2 Å². The smallest absolute Gasteiger partial charge is 0.406 e. The molecule has 0 amide bonds. The van der Waals surface area contributed by atoms with Gasteiger partial charge in [-0.15, -0.1) is 13.2 Å². The lowest BCUT2D eigenvalue weighted by Gasteiger charge is -2.33. The van der Waals surface area contributed by atoms with Crippen LogP contribution in [0.5, 0.6) is 5.75 Å². The first-order valence-corrected chi connectivity index (χ1v) is 11.5. The van der Waals surface area contributed by atoms with Crippen molar-refractivity contribution in [3.05, 3.63) is 64.6 Å². The molecule has 33 heavy (non-hydrogen) atoms. The lowest BCUT2D eigenvalue weighted by Crippen LogP contribution is -2.49. The standard InChI is InChI=1S/C21H21F3N4O4S/c1-15-18-4-2-3-5-19(18)20(29)28(25-15)14-26-10-12-27(13-11-26)33(30,31)17-8-6-16(7-9-17)32-21(22,23)24/h2-9H,10-14H2,1H3. The molecule has 0 bridgehead atoms. The third kappa shape index (κ3) is 5.02. The van der Waals surface area contributed by atoms with Crippen LogP contribution in [0.3, 0.4) is 0 Å². The number of ether oxygens (including phenoxy) is 1. The van der Waals surface area contributed by atoms with Crippen molar-refractivity contribution in [2.24, 2.45) is 0 Å². The van der Waals surface area contributed by atoms with E-state index in [2.05, 4.69) is 9.84 Å². The number of halogens is 3. The Labute approximate surface area is 187 Å². The van der Waals surface area contributed by atoms with Crippen LogP contribution >= 0.6 is 0 Å². The number of aryl methyl sites for hydroxylation is 1. The van der Waals surface area contributed by atoms with Crippen LogP contribution in [0.15, 0.2) is 58.2 Å². The fraction of sp³-hybridized carbons (Fsp3) is 0.333. The van der Waals surface area contributed by atoms with Crippen molar-refractivity contribution in [3.8, 4) is 5.75 Å². The van der Waals surface area contributed by atoms with Gasteiger partial charge in [0, 0.05) is 31.6 Å². The number of benzene rings is 2. The molecule has 176 valence electrons. The van der Waals surface area contributed by atoms with E-state index in [1.165, 1.54) is 8.99 Å². The van der Waals surface area contributed by atoms with Crippen molar-refractivity contribution in [3.63, 3.8) is 0 Å². The van der Waals surface area contributed by atoms with Gasteiger partial charge in [0.2, 0.25) is 10.0 Å². The van der Waals surface area contributed by atoms with Crippen molar-refractivity contribution >= 4 is 20.8 Å². The largest absolute Gasteiger partial charge is 0.573 e. The Morgan fingerprint density at radius 3 is 2.18 bits per heavy atom. The van der Waals surface area contributed by atoms with E-state index in [0.29, 0.717) is 18.5 Å². The quantitative estimate of drug-likeness (QED) is 0.556. The number of fused-ring (bicyclic) bond motifs is 1. The highest BCUT2D eigenvalue weighted by atomic mass is 32.2. The SMILES string of the molecule is Cc1nn(CN2CCN(S(=O)(=O)c3ccc(OC(F)(F)F)cc3)CC2)c(=O)c2ccccc12. The zero-order valence-corrected chi connectivity index (χ0v) is 18.4. The first-order valence-electron chi connectivity index (χ1n) is 10.1. The number of sulfonamides is 1. The van der Waals surface area contributed by atoms with Gasteiger partial charge in [-0.05, 0) is 37.3 Å². The zero-order valence-electron chi connectivity index (χ0n) is 17.6. The maximum Gasteiger partial charge on any atom is 0.573 e. The molecule has 0 unspecified atom stereocenters. The average molecular weight is 482 g/mol. The molecular weight excluding hydrogens is 461 g/mol. The summed E-state index contributed by atoms with van der Waals surface area (Å²) < 4.78 is 69.1. The van der Waals surface area contributed by atoms with Crippen LogP contribution in [-0.4, -0.2) is 59.9 Å². The average Bonchev–Trinajstić information content (AvgIpc) is 2.77. The van der Waals surface area contributed by atoms with Crippen LogP contribution in [-0.2, 0) is 16.7 Å². The molecule has 1 saturated heterocycles. The third-order valence-corrected chi connectivity index (χ3v) is 7.33. The van der Waals surface area contributed by atoms with E-state index < -0.39 is 22.1 Å². The molecule has 12 heteroatoms. The number of aromatic nitrogens is 2. The Morgan fingerprint density at radius 2 is 1.58 bits per heavy atom. The van der Waals surface area contributed by atoms with Gasteiger partial charge in [0.05, 0.1) is 22.6 Å². The second kappa shape index (κ2) is 8.76. The summed E-state index contributed by atoms with van der Waals surface area (Å²) in [6, 6.07) is 11.3. The molecular formula is C21H21F3N4O4S.